The van der Waals surface area contributed by atoms with Crippen molar-refractivity contribution < 1.29 is 37.0 Å². The molecule has 1 amide bonds. The Bertz CT molecular complexity index is 1860. The van der Waals surface area contributed by atoms with Gasteiger partial charge in [-0.25, -0.2) is 19.1 Å². The van der Waals surface area contributed by atoms with E-state index in [4.69, 9.17) is 9.47 Å². The number of carbonyl (C=O) groups is 3. The molecule has 9 nitrogen and oxygen atoms in total. The van der Waals surface area contributed by atoms with Gasteiger partial charge in [0.15, 0.2) is 11.3 Å². The van der Waals surface area contributed by atoms with Gasteiger partial charge in [0.1, 0.15) is 15.4 Å². The molecular weight excluding hydrogens is 573 g/mol. The van der Waals surface area contributed by atoms with E-state index >= 15 is 0 Å². The summed E-state index contributed by atoms with van der Waals surface area (Å²) in [5, 5.41) is 7.81. The number of carbonyl (C=O) groups excluding carboxylic acids is 3. The highest BCUT2D eigenvalue weighted by atomic mass is 32.1. The van der Waals surface area contributed by atoms with Crippen LogP contribution in [0, 0.1) is 6.92 Å². The minimum Gasteiger partial charge on any atom is -0.465 e. The molecule has 13 heteroatoms. The number of nitrogens with zero attached hydrogens (tertiary/aromatic N) is 3. The van der Waals surface area contributed by atoms with Crippen LogP contribution in [0.15, 0.2) is 54.7 Å². The summed E-state index contributed by atoms with van der Waals surface area (Å²) < 4.78 is 53.2. The van der Waals surface area contributed by atoms with Gasteiger partial charge in [0.2, 0.25) is 0 Å². The number of amides is 1. The first-order valence-corrected chi connectivity index (χ1v) is 13.5. The van der Waals surface area contributed by atoms with E-state index in [1.165, 1.54) is 14.0 Å². The van der Waals surface area contributed by atoms with Gasteiger partial charge in [-0.15, -0.1) is 11.3 Å². The summed E-state index contributed by atoms with van der Waals surface area (Å²) in [4.78, 5) is 43.2. The molecule has 5 rings (SSSR count). The normalized spacial score (nSPS) is 11.6. The Morgan fingerprint density at radius 1 is 1.07 bits per heavy atom. The van der Waals surface area contributed by atoms with Crippen LogP contribution in [0.1, 0.15) is 55.0 Å². The lowest BCUT2D eigenvalue weighted by Crippen LogP contribution is -2.17. The second kappa shape index (κ2) is 11.2. The number of rotatable bonds is 7. The first-order valence-electron chi connectivity index (χ1n) is 12.7. The van der Waals surface area contributed by atoms with E-state index in [-0.39, 0.29) is 44.5 Å². The standard InChI is InChI=1S/C29H23F3N4O5S/c1-4-12-41-27(38)22-15(2)23(28(39)40-3)42-26(22)35-25(37)19-14-33-36-21(29(30,31)32)13-20(34-24(19)36)18-11-7-9-16-8-5-6-10-17(16)18/h5-11,13-14H,4,12H2,1-3H3,(H,35,37). The predicted octanol–water partition coefficient (Wildman–Crippen LogP) is 6.54. The van der Waals surface area contributed by atoms with Gasteiger partial charge in [-0.05, 0) is 35.7 Å². The van der Waals surface area contributed by atoms with Crippen LogP contribution in [-0.2, 0) is 15.7 Å². The first kappa shape index (κ1) is 28.7. The fourth-order valence-corrected chi connectivity index (χ4v) is 5.59. The maximum Gasteiger partial charge on any atom is 0.433 e. The quantitative estimate of drug-likeness (QED) is 0.212. The number of esters is 2. The predicted molar refractivity (Wildman–Crippen MR) is 150 cm³/mol. The van der Waals surface area contributed by atoms with E-state index in [2.05, 4.69) is 15.4 Å². The molecule has 0 atom stereocenters. The fourth-order valence-electron chi connectivity index (χ4n) is 4.48. The van der Waals surface area contributed by atoms with Gasteiger partial charge in [0, 0.05) is 5.56 Å². The molecule has 3 aromatic heterocycles. The zero-order valence-corrected chi connectivity index (χ0v) is 23.4. The number of hydrogen-bond donors (Lipinski definition) is 1. The molecule has 42 heavy (non-hydrogen) atoms. The van der Waals surface area contributed by atoms with Crippen molar-refractivity contribution in [2.75, 3.05) is 19.0 Å². The maximum absolute atomic E-state index is 14.2. The Morgan fingerprint density at radius 2 is 1.81 bits per heavy atom. The molecule has 0 aliphatic heterocycles. The Balaban J connectivity index is 1.64. The lowest BCUT2D eigenvalue weighted by molar-refractivity contribution is -0.142. The Labute approximate surface area is 240 Å². The third-order valence-corrected chi connectivity index (χ3v) is 7.65. The van der Waals surface area contributed by atoms with E-state index in [1.807, 2.05) is 18.2 Å². The Kier molecular flexibility index (Phi) is 7.69. The van der Waals surface area contributed by atoms with Gasteiger partial charge in [-0.2, -0.15) is 18.3 Å². The number of nitrogens with one attached hydrogen (secondary N) is 1. The zero-order chi connectivity index (χ0) is 30.2. The molecule has 1 N–H and O–H groups in total. The number of thiophene rings is 1. The molecule has 2 aromatic carbocycles. The summed E-state index contributed by atoms with van der Waals surface area (Å²) >= 11 is 0.785. The lowest BCUT2D eigenvalue weighted by atomic mass is 10.0. The molecule has 0 aliphatic carbocycles. The number of benzene rings is 2. The van der Waals surface area contributed by atoms with Crippen molar-refractivity contribution in [1.29, 1.82) is 0 Å². The van der Waals surface area contributed by atoms with E-state index in [0.717, 1.165) is 29.0 Å². The van der Waals surface area contributed by atoms with Crippen molar-refractivity contribution in [1.82, 2.24) is 14.6 Å². The minimum atomic E-state index is -4.82. The number of ether oxygens (including phenoxy) is 2. The maximum atomic E-state index is 14.2. The summed E-state index contributed by atoms with van der Waals surface area (Å²) in [5.74, 6) is -2.38. The van der Waals surface area contributed by atoms with E-state index < -0.39 is 29.7 Å². The lowest BCUT2D eigenvalue weighted by Gasteiger charge is -2.13. The number of aromatic nitrogens is 3. The van der Waals surface area contributed by atoms with Crippen LogP contribution in [0.2, 0.25) is 0 Å². The van der Waals surface area contributed by atoms with Crippen molar-refractivity contribution in [3.63, 3.8) is 0 Å². The number of fused-ring (bicyclic) bond motifs is 2. The van der Waals surface area contributed by atoms with Crippen LogP contribution in [0.25, 0.3) is 27.7 Å². The third kappa shape index (κ3) is 5.18. The van der Waals surface area contributed by atoms with Crippen LogP contribution in [0.4, 0.5) is 18.2 Å². The molecule has 0 spiro atoms. The molecule has 0 aliphatic rings. The Morgan fingerprint density at radius 3 is 2.52 bits per heavy atom. The highest BCUT2D eigenvalue weighted by Crippen LogP contribution is 2.37. The van der Waals surface area contributed by atoms with E-state index in [0.29, 0.717) is 21.9 Å². The zero-order valence-electron chi connectivity index (χ0n) is 22.5. The Hall–Kier alpha value is -4.78. The van der Waals surface area contributed by atoms with Crippen molar-refractivity contribution >= 4 is 50.6 Å². The average Bonchev–Trinajstić information content (AvgIpc) is 3.54. The number of halogens is 3. The number of alkyl halides is 3. The summed E-state index contributed by atoms with van der Waals surface area (Å²) in [6.07, 6.45) is -3.32. The van der Waals surface area contributed by atoms with Crippen LogP contribution in [0.5, 0.6) is 0 Å². The van der Waals surface area contributed by atoms with Crippen LogP contribution >= 0.6 is 11.3 Å². The molecular formula is C29H23F3N4O5S. The first-order chi connectivity index (χ1) is 20.0. The second-order valence-corrected chi connectivity index (χ2v) is 10.2. The highest BCUT2D eigenvalue weighted by Gasteiger charge is 2.36. The summed E-state index contributed by atoms with van der Waals surface area (Å²) in [6, 6.07) is 13.2. The van der Waals surface area contributed by atoms with Gasteiger partial charge >= 0.3 is 18.1 Å². The van der Waals surface area contributed by atoms with Crippen molar-refractivity contribution in [3.05, 3.63) is 82.0 Å². The fraction of sp³-hybridized carbons (Fsp3) is 0.207. The molecule has 0 fully saturated rings. The summed E-state index contributed by atoms with van der Waals surface area (Å²) in [7, 11) is 1.17. The smallest absolute Gasteiger partial charge is 0.433 e. The van der Waals surface area contributed by atoms with Gasteiger partial charge in [0.05, 0.1) is 31.2 Å². The number of hydrogen-bond acceptors (Lipinski definition) is 8. The second-order valence-electron chi connectivity index (χ2n) is 9.19. The SMILES string of the molecule is CCCOC(=O)c1c(NC(=O)c2cnn3c(C(F)(F)F)cc(-c4cccc5ccccc45)nc23)sc(C(=O)OC)c1C. The molecule has 0 radical (unpaired) electrons. The molecule has 0 saturated carbocycles. The molecule has 0 bridgehead atoms. The molecule has 3 heterocycles. The topological polar surface area (TPSA) is 112 Å². The van der Waals surface area contributed by atoms with Crippen LogP contribution in [0.3, 0.4) is 0 Å². The minimum absolute atomic E-state index is 0.00930. The highest BCUT2D eigenvalue weighted by molar-refractivity contribution is 7.18. The largest absolute Gasteiger partial charge is 0.465 e. The summed E-state index contributed by atoms with van der Waals surface area (Å²) in [5.41, 5.74) is -1.14. The van der Waals surface area contributed by atoms with Crippen LogP contribution in [-0.4, -0.2) is 46.2 Å². The monoisotopic (exact) mass is 596 g/mol. The van der Waals surface area contributed by atoms with Crippen LogP contribution < -0.4 is 5.32 Å². The third-order valence-electron chi connectivity index (χ3n) is 6.46. The molecule has 216 valence electrons. The molecule has 5 aromatic rings. The van der Waals surface area contributed by atoms with Gasteiger partial charge < -0.3 is 14.8 Å². The van der Waals surface area contributed by atoms with Gasteiger partial charge in [-0.3, -0.25) is 4.79 Å². The molecule has 0 saturated heterocycles. The number of anilines is 1. The van der Waals surface area contributed by atoms with Crippen molar-refractivity contribution in [2.24, 2.45) is 0 Å². The van der Waals surface area contributed by atoms with Gasteiger partial charge in [0.25, 0.3) is 5.91 Å². The van der Waals surface area contributed by atoms with Crippen molar-refractivity contribution in [2.45, 2.75) is 26.4 Å². The van der Waals surface area contributed by atoms with E-state index in [1.54, 1.807) is 31.2 Å². The van der Waals surface area contributed by atoms with Gasteiger partial charge in [-0.1, -0.05) is 49.4 Å². The molecule has 0 unspecified atom stereocenters. The van der Waals surface area contributed by atoms with Crippen molar-refractivity contribution in [3.8, 4) is 11.3 Å². The average molecular weight is 597 g/mol. The number of methoxy groups -OCH3 is 1. The summed E-state index contributed by atoms with van der Waals surface area (Å²) in [6.45, 7) is 3.41. The van der Waals surface area contributed by atoms with E-state index in [9.17, 15) is 27.6 Å².